The lowest BCUT2D eigenvalue weighted by atomic mass is 10.0. The Kier molecular flexibility index (Phi) is 2.93. The third-order valence-corrected chi connectivity index (χ3v) is 3.25. The molecule has 0 unspecified atom stereocenters. The molecule has 3 nitrogen and oxygen atoms in total. The van der Waals surface area contributed by atoms with E-state index < -0.39 is 0 Å². The van der Waals surface area contributed by atoms with Crippen LogP contribution in [0, 0.1) is 5.82 Å². The van der Waals surface area contributed by atoms with Gasteiger partial charge in [-0.3, -0.25) is 0 Å². The van der Waals surface area contributed by atoms with Gasteiger partial charge in [0.25, 0.3) is 0 Å². The summed E-state index contributed by atoms with van der Waals surface area (Å²) in [5.74, 6) is 0.486. The summed E-state index contributed by atoms with van der Waals surface area (Å²) in [4.78, 5) is 4.45. The average molecular weight is 270 g/mol. The summed E-state index contributed by atoms with van der Waals surface area (Å²) in [5, 5.41) is 0. The third kappa shape index (κ3) is 2.13. The van der Waals surface area contributed by atoms with Gasteiger partial charge >= 0.3 is 0 Å². The van der Waals surface area contributed by atoms with E-state index in [-0.39, 0.29) is 11.7 Å². The van der Waals surface area contributed by atoms with Gasteiger partial charge in [0.1, 0.15) is 11.3 Å². The van der Waals surface area contributed by atoms with Crippen LogP contribution < -0.4 is 5.73 Å². The lowest BCUT2D eigenvalue weighted by Gasteiger charge is -2.06. The second-order valence-corrected chi connectivity index (χ2v) is 5.14. The van der Waals surface area contributed by atoms with Crippen molar-refractivity contribution in [3.05, 3.63) is 47.8 Å². The van der Waals surface area contributed by atoms with E-state index >= 15 is 0 Å². The van der Waals surface area contributed by atoms with Gasteiger partial charge in [-0.1, -0.05) is 13.8 Å². The maximum Gasteiger partial charge on any atom is 0.227 e. The molecule has 0 bridgehead atoms. The van der Waals surface area contributed by atoms with Crippen molar-refractivity contribution in [3.63, 3.8) is 0 Å². The Morgan fingerprint density at radius 1 is 1.15 bits per heavy atom. The van der Waals surface area contributed by atoms with Gasteiger partial charge < -0.3 is 10.2 Å². The molecule has 3 rings (SSSR count). The quantitative estimate of drug-likeness (QED) is 0.705. The molecule has 0 saturated heterocycles. The van der Waals surface area contributed by atoms with Gasteiger partial charge in [0.15, 0.2) is 5.58 Å². The Morgan fingerprint density at radius 3 is 2.50 bits per heavy atom. The molecular weight excluding hydrogens is 255 g/mol. The largest absolute Gasteiger partial charge is 0.436 e. The lowest BCUT2D eigenvalue weighted by Crippen LogP contribution is -1.92. The molecule has 2 aromatic carbocycles. The molecule has 0 spiro atoms. The monoisotopic (exact) mass is 270 g/mol. The fourth-order valence-corrected chi connectivity index (χ4v) is 2.23. The molecule has 1 aromatic heterocycles. The number of benzene rings is 2. The highest BCUT2D eigenvalue weighted by molar-refractivity contribution is 5.83. The minimum absolute atomic E-state index is 0.281. The van der Waals surface area contributed by atoms with E-state index in [1.165, 1.54) is 12.1 Å². The van der Waals surface area contributed by atoms with Crippen LogP contribution in [-0.4, -0.2) is 4.98 Å². The molecule has 0 aliphatic rings. The first kappa shape index (κ1) is 12.7. The number of oxazole rings is 1. The molecule has 102 valence electrons. The molecule has 0 fully saturated rings. The van der Waals surface area contributed by atoms with Crippen molar-refractivity contribution >= 4 is 16.8 Å². The number of fused-ring (bicyclic) bond motifs is 1. The molecule has 1 heterocycles. The smallest absolute Gasteiger partial charge is 0.227 e. The molecule has 20 heavy (non-hydrogen) atoms. The first-order valence-electron chi connectivity index (χ1n) is 6.50. The summed E-state index contributed by atoms with van der Waals surface area (Å²) in [6.45, 7) is 4.16. The summed E-state index contributed by atoms with van der Waals surface area (Å²) in [5.41, 5.74) is 9.81. The Morgan fingerprint density at radius 2 is 1.85 bits per heavy atom. The molecule has 0 atom stereocenters. The van der Waals surface area contributed by atoms with Crippen molar-refractivity contribution in [1.82, 2.24) is 4.98 Å². The van der Waals surface area contributed by atoms with Crippen LogP contribution in [0.2, 0.25) is 0 Å². The van der Waals surface area contributed by atoms with E-state index in [1.54, 1.807) is 18.2 Å². The second kappa shape index (κ2) is 4.63. The number of nitrogens with two attached hydrogens (primary N) is 1. The molecule has 0 aliphatic carbocycles. The predicted molar refractivity (Wildman–Crippen MR) is 77.9 cm³/mol. The van der Waals surface area contributed by atoms with Gasteiger partial charge in [-0.25, -0.2) is 9.37 Å². The first-order valence-corrected chi connectivity index (χ1v) is 6.50. The summed E-state index contributed by atoms with van der Waals surface area (Å²) in [6.07, 6.45) is 0. The zero-order valence-electron chi connectivity index (χ0n) is 11.4. The van der Waals surface area contributed by atoms with Crippen LogP contribution in [0.4, 0.5) is 10.1 Å². The normalized spacial score (nSPS) is 11.4. The third-order valence-electron chi connectivity index (χ3n) is 3.25. The van der Waals surface area contributed by atoms with Crippen LogP contribution >= 0.6 is 0 Å². The van der Waals surface area contributed by atoms with Crippen molar-refractivity contribution < 1.29 is 8.81 Å². The number of anilines is 1. The topological polar surface area (TPSA) is 52.0 Å². The number of rotatable bonds is 2. The van der Waals surface area contributed by atoms with Crippen molar-refractivity contribution in [2.45, 2.75) is 19.8 Å². The molecule has 0 radical (unpaired) electrons. The van der Waals surface area contributed by atoms with E-state index in [2.05, 4.69) is 18.8 Å². The number of aromatic nitrogens is 1. The van der Waals surface area contributed by atoms with E-state index in [9.17, 15) is 4.39 Å². The summed E-state index contributed by atoms with van der Waals surface area (Å²) in [7, 11) is 0. The minimum Gasteiger partial charge on any atom is -0.436 e. The molecule has 3 aromatic rings. The lowest BCUT2D eigenvalue weighted by molar-refractivity contribution is 0.609. The van der Waals surface area contributed by atoms with Gasteiger partial charge in [-0.15, -0.1) is 0 Å². The summed E-state index contributed by atoms with van der Waals surface area (Å²) >= 11 is 0. The van der Waals surface area contributed by atoms with Crippen molar-refractivity contribution in [2.24, 2.45) is 0 Å². The van der Waals surface area contributed by atoms with E-state index in [0.717, 1.165) is 22.2 Å². The second-order valence-electron chi connectivity index (χ2n) is 5.14. The highest BCUT2D eigenvalue weighted by Crippen LogP contribution is 2.32. The molecular formula is C16H15FN2O. The molecule has 2 N–H and O–H groups in total. The Labute approximate surface area is 116 Å². The Balaban J connectivity index is 2.19. The zero-order chi connectivity index (χ0) is 14.3. The van der Waals surface area contributed by atoms with Crippen LogP contribution in [0.5, 0.6) is 0 Å². The Bertz CT molecular complexity index is 760. The summed E-state index contributed by atoms with van der Waals surface area (Å²) < 4.78 is 18.8. The van der Waals surface area contributed by atoms with E-state index in [4.69, 9.17) is 10.2 Å². The van der Waals surface area contributed by atoms with E-state index in [1.807, 2.05) is 6.07 Å². The van der Waals surface area contributed by atoms with Crippen LogP contribution in [0.15, 0.2) is 40.8 Å². The Hall–Kier alpha value is -2.36. The molecule has 4 heteroatoms. The van der Waals surface area contributed by atoms with Crippen molar-refractivity contribution in [2.75, 3.05) is 5.73 Å². The SMILES string of the molecule is CC(C)c1cc(N)cc2nc(-c3ccc(F)cc3)oc12. The van der Waals surface area contributed by atoms with Gasteiger partial charge in [-0.05, 0) is 42.3 Å². The van der Waals surface area contributed by atoms with Crippen LogP contribution in [-0.2, 0) is 0 Å². The predicted octanol–water partition coefficient (Wildman–Crippen LogP) is 4.34. The fourth-order valence-electron chi connectivity index (χ4n) is 2.23. The van der Waals surface area contributed by atoms with Crippen molar-refractivity contribution in [3.8, 4) is 11.5 Å². The maximum atomic E-state index is 13.0. The highest BCUT2D eigenvalue weighted by Gasteiger charge is 2.14. The number of nitrogens with zero attached hydrogens (tertiary/aromatic N) is 1. The standard InChI is InChI=1S/C16H15FN2O/c1-9(2)13-7-12(18)8-14-15(13)20-16(19-14)10-3-5-11(17)6-4-10/h3-9H,18H2,1-2H3. The number of hydrogen-bond donors (Lipinski definition) is 1. The van der Waals surface area contributed by atoms with Crippen LogP contribution in [0.3, 0.4) is 0 Å². The average Bonchev–Trinajstić information content (AvgIpc) is 2.81. The molecule has 0 amide bonds. The van der Waals surface area contributed by atoms with Gasteiger partial charge in [0, 0.05) is 16.8 Å². The van der Waals surface area contributed by atoms with Gasteiger partial charge in [-0.2, -0.15) is 0 Å². The fraction of sp³-hybridized carbons (Fsp3) is 0.188. The highest BCUT2D eigenvalue weighted by atomic mass is 19.1. The van der Waals surface area contributed by atoms with Crippen LogP contribution in [0.25, 0.3) is 22.6 Å². The minimum atomic E-state index is -0.281. The number of nitrogen functional groups attached to an aromatic ring is 1. The number of hydrogen-bond acceptors (Lipinski definition) is 3. The van der Waals surface area contributed by atoms with E-state index in [0.29, 0.717) is 11.6 Å². The zero-order valence-corrected chi connectivity index (χ0v) is 11.4. The maximum absolute atomic E-state index is 13.0. The molecule has 0 saturated carbocycles. The number of halogens is 1. The molecule has 0 aliphatic heterocycles. The van der Waals surface area contributed by atoms with Crippen LogP contribution in [0.1, 0.15) is 25.3 Å². The van der Waals surface area contributed by atoms with Gasteiger partial charge in [0.05, 0.1) is 0 Å². The van der Waals surface area contributed by atoms with Gasteiger partial charge in [0.2, 0.25) is 5.89 Å². The first-order chi connectivity index (χ1) is 9.54. The summed E-state index contributed by atoms with van der Waals surface area (Å²) in [6, 6.07) is 9.78. The van der Waals surface area contributed by atoms with Crippen molar-refractivity contribution in [1.29, 1.82) is 0 Å².